The molecule has 106 valence electrons. The van der Waals surface area contributed by atoms with Crippen molar-refractivity contribution in [2.45, 2.75) is 10.9 Å². The average molecular weight is 320 g/mol. The van der Waals surface area contributed by atoms with Gasteiger partial charge in [0.1, 0.15) is 5.82 Å². The van der Waals surface area contributed by atoms with Crippen molar-refractivity contribution in [3.8, 4) is 11.4 Å². The number of H-pyrrole nitrogens is 1. The number of thioether (sulfide) groups is 1. The maximum absolute atomic E-state index is 13.7. The van der Waals surface area contributed by atoms with Gasteiger partial charge in [-0.1, -0.05) is 53.7 Å². The van der Waals surface area contributed by atoms with Gasteiger partial charge in [-0.25, -0.2) is 9.37 Å². The first kappa shape index (κ1) is 14.1. The monoisotopic (exact) mass is 319 g/mol. The van der Waals surface area contributed by atoms with Gasteiger partial charge in [-0.15, -0.1) is 5.10 Å². The number of hydrogen-bond donors (Lipinski definition) is 1. The molecule has 1 aromatic heterocycles. The number of aromatic amines is 1. The Morgan fingerprint density at radius 3 is 2.67 bits per heavy atom. The van der Waals surface area contributed by atoms with E-state index in [9.17, 15) is 4.39 Å². The number of hydrogen-bond acceptors (Lipinski definition) is 3. The number of nitrogens with one attached hydrogen (secondary N) is 1. The SMILES string of the molecule is Fc1ccccc1-c1nc(SCc2ccccc2Cl)n[nH]1. The number of nitrogens with zero attached hydrogens (tertiary/aromatic N) is 2. The summed E-state index contributed by atoms with van der Waals surface area (Å²) in [5.74, 6) is 0.764. The standard InChI is InChI=1S/C15H11ClFN3S/c16-12-7-3-1-5-10(12)9-21-15-18-14(19-20-15)11-6-2-4-8-13(11)17/h1-8H,9H2,(H,18,19,20). The normalized spacial score (nSPS) is 10.8. The summed E-state index contributed by atoms with van der Waals surface area (Å²) < 4.78 is 13.7. The van der Waals surface area contributed by atoms with Gasteiger partial charge in [0.05, 0.1) is 5.56 Å². The molecule has 0 fully saturated rings. The minimum atomic E-state index is -0.323. The van der Waals surface area contributed by atoms with Gasteiger partial charge in [0.15, 0.2) is 5.82 Å². The predicted octanol–water partition coefficient (Wildman–Crippen LogP) is 4.56. The maximum Gasteiger partial charge on any atom is 0.209 e. The molecule has 0 aliphatic heterocycles. The highest BCUT2D eigenvalue weighted by atomic mass is 35.5. The molecular formula is C15H11ClFN3S. The highest BCUT2D eigenvalue weighted by molar-refractivity contribution is 7.98. The Kier molecular flexibility index (Phi) is 4.22. The van der Waals surface area contributed by atoms with Crippen LogP contribution in [0.4, 0.5) is 4.39 Å². The first-order valence-corrected chi connectivity index (χ1v) is 7.64. The molecule has 0 saturated heterocycles. The number of aromatic nitrogens is 3. The quantitative estimate of drug-likeness (QED) is 0.717. The van der Waals surface area contributed by atoms with Crippen LogP contribution < -0.4 is 0 Å². The van der Waals surface area contributed by atoms with Crippen molar-refractivity contribution >= 4 is 23.4 Å². The minimum absolute atomic E-state index is 0.323. The van der Waals surface area contributed by atoms with E-state index >= 15 is 0 Å². The van der Waals surface area contributed by atoms with Crippen molar-refractivity contribution in [3.05, 3.63) is 64.9 Å². The molecule has 0 saturated carbocycles. The van der Waals surface area contributed by atoms with Crippen molar-refractivity contribution in [3.63, 3.8) is 0 Å². The van der Waals surface area contributed by atoms with Crippen molar-refractivity contribution in [1.82, 2.24) is 15.2 Å². The Balaban J connectivity index is 1.74. The molecule has 1 N–H and O–H groups in total. The van der Waals surface area contributed by atoms with Gasteiger partial charge < -0.3 is 0 Å². The van der Waals surface area contributed by atoms with Gasteiger partial charge in [-0.2, -0.15) is 0 Å². The summed E-state index contributed by atoms with van der Waals surface area (Å²) in [7, 11) is 0. The van der Waals surface area contributed by atoms with E-state index in [2.05, 4.69) is 15.2 Å². The van der Waals surface area contributed by atoms with Crippen molar-refractivity contribution < 1.29 is 4.39 Å². The van der Waals surface area contributed by atoms with E-state index in [1.54, 1.807) is 18.2 Å². The van der Waals surface area contributed by atoms with Crippen LogP contribution in [-0.2, 0) is 5.75 Å². The summed E-state index contributed by atoms with van der Waals surface area (Å²) in [6, 6.07) is 14.1. The molecule has 3 aromatic rings. The van der Waals surface area contributed by atoms with E-state index in [1.165, 1.54) is 17.8 Å². The largest absolute Gasteiger partial charge is 0.258 e. The van der Waals surface area contributed by atoms with Crippen LogP contribution in [0, 0.1) is 5.82 Å². The summed E-state index contributed by atoms with van der Waals surface area (Å²) in [6.45, 7) is 0. The zero-order chi connectivity index (χ0) is 14.7. The maximum atomic E-state index is 13.7. The molecular weight excluding hydrogens is 309 g/mol. The summed E-state index contributed by atoms with van der Waals surface area (Å²) in [6.07, 6.45) is 0. The number of rotatable bonds is 4. The molecule has 6 heteroatoms. The second kappa shape index (κ2) is 6.28. The van der Waals surface area contributed by atoms with Gasteiger partial charge in [0.2, 0.25) is 5.16 Å². The van der Waals surface area contributed by atoms with Crippen LogP contribution in [0.3, 0.4) is 0 Å². The Labute approximate surface area is 130 Å². The second-order valence-electron chi connectivity index (χ2n) is 4.33. The fourth-order valence-corrected chi connectivity index (χ4v) is 2.93. The lowest BCUT2D eigenvalue weighted by Gasteiger charge is -2.00. The highest BCUT2D eigenvalue weighted by Gasteiger charge is 2.10. The van der Waals surface area contributed by atoms with Gasteiger partial charge >= 0.3 is 0 Å². The van der Waals surface area contributed by atoms with Gasteiger partial charge in [-0.3, -0.25) is 5.10 Å². The zero-order valence-corrected chi connectivity index (χ0v) is 12.5. The summed E-state index contributed by atoms with van der Waals surface area (Å²) in [5.41, 5.74) is 1.43. The van der Waals surface area contributed by atoms with Crippen molar-refractivity contribution in [2.75, 3.05) is 0 Å². The van der Waals surface area contributed by atoms with Gasteiger partial charge in [-0.05, 0) is 23.8 Å². The van der Waals surface area contributed by atoms with Crippen LogP contribution in [-0.4, -0.2) is 15.2 Å². The molecule has 0 aliphatic rings. The molecule has 0 amide bonds. The Morgan fingerprint density at radius 2 is 1.86 bits per heavy atom. The highest BCUT2D eigenvalue weighted by Crippen LogP contribution is 2.26. The molecule has 0 unspecified atom stereocenters. The lowest BCUT2D eigenvalue weighted by molar-refractivity contribution is 0.630. The molecule has 3 rings (SSSR count). The Bertz CT molecular complexity index is 760. The molecule has 0 spiro atoms. The van der Waals surface area contributed by atoms with Crippen LogP contribution in [0.15, 0.2) is 53.7 Å². The van der Waals surface area contributed by atoms with E-state index in [4.69, 9.17) is 11.6 Å². The van der Waals surface area contributed by atoms with E-state index in [0.717, 1.165) is 10.6 Å². The smallest absolute Gasteiger partial charge is 0.209 e. The fourth-order valence-electron chi connectivity index (χ4n) is 1.84. The third-order valence-corrected chi connectivity index (χ3v) is 4.17. The fraction of sp³-hybridized carbons (Fsp3) is 0.0667. The third kappa shape index (κ3) is 3.25. The minimum Gasteiger partial charge on any atom is -0.258 e. The van der Waals surface area contributed by atoms with E-state index in [0.29, 0.717) is 22.3 Å². The average Bonchev–Trinajstić information content (AvgIpc) is 2.96. The molecule has 1 heterocycles. The van der Waals surface area contributed by atoms with E-state index in [-0.39, 0.29) is 5.82 Å². The molecule has 0 aliphatic carbocycles. The van der Waals surface area contributed by atoms with Crippen molar-refractivity contribution in [1.29, 1.82) is 0 Å². The van der Waals surface area contributed by atoms with Crippen LogP contribution >= 0.6 is 23.4 Å². The van der Waals surface area contributed by atoms with Crippen LogP contribution in [0.5, 0.6) is 0 Å². The lowest BCUT2D eigenvalue weighted by atomic mass is 10.2. The zero-order valence-electron chi connectivity index (χ0n) is 10.9. The lowest BCUT2D eigenvalue weighted by Crippen LogP contribution is -1.85. The Hall–Kier alpha value is -1.85. The summed E-state index contributed by atoms with van der Waals surface area (Å²) in [5, 5.41) is 8.13. The van der Waals surface area contributed by atoms with E-state index in [1.807, 2.05) is 24.3 Å². The third-order valence-electron chi connectivity index (χ3n) is 2.91. The predicted molar refractivity (Wildman–Crippen MR) is 82.8 cm³/mol. The number of benzene rings is 2. The summed E-state index contributed by atoms with van der Waals surface area (Å²) >= 11 is 7.55. The molecule has 21 heavy (non-hydrogen) atoms. The van der Waals surface area contributed by atoms with Crippen molar-refractivity contribution in [2.24, 2.45) is 0 Å². The second-order valence-corrected chi connectivity index (χ2v) is 5.68. The molecule has 2 aromatic carbocycles. The van der Waals surface area contributed by atoms with Gasteiger partial charge in [0, 0.05) is 10.8 Å². The molecule has 0 atom stereocenters. The molecule has 3 nitrogen and oxygen atoms in total. The first-order chi connectivity index (χ1) is 10.2. The van der Waals surface area contributed by atoms with Crippen LogP contribution in [0.1, 0.15) is 5.56 Å². The molecule has 0 radical (unpaired) electrons. The van der Waals surface area contributed by atoms with Crippen LogP contribution in [0.25, 0.3) is 11.4 Å². The molecule has 0 bridgehead atoms. The Morgan fingerprint density at radius 1 is 1.10 bits per heavy atom. The topological polar surface area (TPSA) is 41.6 Å². The summed E-state index contributed by atoms with van der Waals surface area (Å²) in [4.78, 5) is 4.30. The van der Waals surface area contributed by atoms with Crippen LogP contribution in [0.2, 0.25) is 5.02 Å². The van der Waals surface area contributed by atoms with E-state index < -0.39 is 0 Å². The van der Waals surface area contributed by atoms with Gasteiger partial charge in [0.25, 0.3) is 0 Å². The number of halogens is 2. The first-order valence-electron chi connectivity index (χ1n) is 6.27.